The van der Waals surface area contributed by atoms with Gasteiger partial charge in [0.1, 0.15) is 0 Å². The highest BCUT2D eigenvalue weighted by molar-refractivity contribution is 7.86. The molecule has 0 aliphatic carbocycles. The van der Waals surface area contributed by atoms with Gasteiger partial charge in [0, 0.05) is 25.7 Å². The second-order valence-electron chi connectivity index (χ2n) is 4.79. The number of hydrogen-bond acceptors (Lipinski definition) is 3. The molecule has 0 amide bonds. The molecule has 1 rings (SSSR count). The van der Waals surface area contributed by atoms with E-state index in [9.17, 15) is 8.42 Å². The molecule has 0 aromatic heterocycles. The molecule has 0 bridgehead atoms. The first-order chi connectivity index (χ1) is 7.95. The maximum absolute atomic E-state index is 12.4. The highest BCUT2D eigenvalue weighted by atomic mass is 32.2. The summed E-state index contributed by atoms with van der Waals surface area (Å²) < 4.78 is 28.0. The predicted octanol–water partition coefficient (Wildman–Crippen LogP) is 0.775. The van der Waals surface area contributed by atoms with Crippen molar-refractivity contribution < 1.29 is 8.42 Å². The number of hydrogen-bond donors (Lipinski definition) is 1. The van der Waals surface area contributed by atoms with Gasteiger partial charge in [-0.15, -0.1) is 0 Å². The standard InChI is InChI=1S/C11H25N3O2S/c1-4-11-7-6-10(2)14(11)17(15,16)13(3)9-5-8-12/h10-11H,4-9,12H2,1-3H3. The fourth-order valence-corrected chi connectivity index (χ4v) is 4.31. The topological polar surface area (TPSA) is 66.6 Å². The SMILES string of the molecule is CCC1CCC(C)N1S(=O)(=O)N(C)CCCN. The molecule has 17 heavy (non-hydrogen) atoms. The Morgan fingerprint density at radius 3 is 2.59 bits per heavy atom. The van der Waals surface area contributed by atoms with Gasteiger partial charge in [-0.25, -0.2) is 0 Å². The molecule has 0 radical (unpaired) electrons. The second-order valence-corrected chi connectivity index (χ2v) is 6.73. The molecule has 6 heteroatoms. The fourth-order valence-electron chi connectivity index (χ4n) is 2.44. The van der Waals surface area contributed by atoms with Gasteiger partial charge in [-0.2, -0.15) is 17.0 Å². The third kappa shape index (κ3) is 3.19. The van der Waals surface area contributed by atoms with E-state index in [-0.39, 0.29) is 12.1 Å². The number of nitrogens with zero attached hydrogens (tertiary/aromatic N) is 2. The molecule has 0 aromatic carbocycles. The Balaban J connectivity index is 2.80. The van der Waals surface area contributed by atoms with Crippen molar-refractivity contribution in [3.8, 4) is 0 Å². The number of rotatable bonds is 6. The lowest BCUT2D eigenvalue weighted by molar-refractivity contribution is 0.297. The Kier molecular flexibility index (Phi) is 5.37. The van der Waals surface area contributed by atoms with Crippen molar-refractivity contribution in [2.45, 2.75) is 51.6 Å². The van der Waals surface area contributed by atoms with Crippen molar-refractivity contribution in [2.24, 2.45) is 5.73 Å². The first-order valence-corrected chi connectivity index (χ1v) is 7.79. The maximum atomic E-state index is 12.4. The van der Waals surface area contributed by atoms with Crippen molar-refractivity contribution in [2.75, 3.05) is 20.1 Å². The van der Waals surface area contributed by atoms with Crippen LogP contribution in [-0.2, 0) is 10.2 Å². The van der Waals surface area contributed by atoms with E-state index in [1.54, 1.807) is 11.4 Å². The van der Waals surface area contributed by atoms with Gasteiger partial charge in [0.25, 0.3) is 10.2 Å². The van der Waals surface area contributed by atoms with Crippen LogP contribution in [0.15, 0.2) is 0 Å². The Bertz CT molecular complexity index is 332. The molecule has 1 fully saturated rings. The third-order valence-electron chi connectivity index (χ3n) is 3.52. The quantitative estimate of drug-likeness (QED) is 0.770. The van der Waals surface area contributed by atoms with Gasteiger partial charge in [-0.05, 0) is 39.2 Å². The molecule has 1 heterocycles. The summed E-state index contributed by atoms with van der Waals surface area (Å²) in [7, 11) is -1.67. The Morgan fingerprint density at radius 1 is 1.41 bits per heavy atom. The van der Waals surface area contributed by atoms with Crippen LogP contribution in [0.1, 0.15) is 39.5 Å². The van der Waals surface area contributed by atoms with Crippen LogP contribution in [-0.4, -0.2) is 49.2 Å². The molecule has 102 valence electrons. The first-order valence-electron chi connectivity index (χ1n) is 6.40. The molecular weight excluding hydrogens is 238 g/mol. The lowest BCUT2D eigenvalue weighted by atomic mass is 10.2. The van der Waals surface area contributed by atoms with Crippen LogP contribution in [0.3, 0.4) is 0 Å². The zero-order valence-corrected chi connectivity index (χ0v) is 11.9. The minimum atomic E-state index is -3.31. The van der Waals surface area contributed by atoms with Gasteiger partial charge in [-0.3, -0.25) is 0 Å². The zero-order chi connectivity index (χ0) is 13.1. The van der Waals surface area contributed by atoms with Crippen LogP contribution in [0, 0.1) is 0 Å². The van der Waals surface area contributed by atoms with Crippen LogP contribution in [0.5, 0.6) is 0 Å². The molecule has 2 atom stereocenters. The lowest BCUT2D eigenvalue weighted by Crippen LogP contribution is -2.47. The van der Waals surface area contributed by atoms with E-state index in [0.29, 0.717) is 19.5 Å². The van der Waals surface area contributed by atoms with E-state index in [4.69, 9.17) is 5.73 Å². The van der Waals surface area contributed by atoms with Crippen molar-refractivity contribution in [1.82, 2.24) is 8.61 Å². The number of nitrogens with two attached hydrogens (primary N) is 1. The van der Waals surface area contributed by atoms with Crippen LogP contribution in [0.2, 0.25) is 0 Å². The molecule has 0 aromatic rings. The molecule has 5 nitrogen and oxygen atoms in total. The van der Waals surface area contributed by atoms with Gasteiger partial charge in [0.05, 0.1) is 0 Å². The minimum Gasteiger partial charge on any atom is -0.330 e. The zero-order valence-electron chi connectivity index (χ0n) is 11.1. The monoisotopic (exact) mass is 263 g/mol. The summed E-state index contributed by atoms with van der Waals surface area (Å²) in [6.07, 6.45) is 3.52. The summed E-state index contributed by atoms with van der Waals surface area (Å²) in [6, 6.07) is 0.278. The molecule has 2 unspecified atom stereocenters. The van der Waals surface area contributed by atoms with Crippen LogP contribution in [0.4, 0.5) is 0 Å². The average Bonchev–Trinajstić information content (AvgIpc) is 2.67. The largest absolute Gasteiger partial charge is 0.330 e. The Labute approximate surface area is 105 Å². The van der Waals surface area contributed by atoms with E-state index in [1.807, 2.05) is 13.8 Å². The van der Waals surface area contributed by atoms with Crippen molar-refractivity contribution in [3.05, 3.63) is 0 Å². The fraction of sp³-hybridized carbons (Fsp3) is 1.00. The minimum absolute atomic E-state index is 0.116. The van der Waals surface area contributed by atoms with Gasteiger partial charge in [0.2, 0.25) is 0 Å². The Hall–Kier alpha value is -0.170. The van der Waals surface area contributed by atoms with Crippen molar-refractivity contribution in [3.63, 3.8) is 0 Å². The van der Waals surface area contributed by atoms with Gasteiger partial charge < -0.3 is 5.73 Å². The van der Waals surface area contributed by atoms with Gasteiger partial charge >= 0.3 is 0 Å². The summed E-state index contributed by atoms with van der Waals surface area (Å²) in [5.41, 5.74) is 5.42. The molecule has 1 aliphatic rings. The maximum Gasteiger partial charge on any atom is 0.282 e. The summed E-state index contributed by atoms with van der Waals surface area (Å²) in [5, 5.41) is 0. The van der Waals surface area contributed by atoms with E-state index >= 15 is 0 Å². The highest BCUT2D eigenvalue weighted by Crippen LogP contribution is 2.30. The van der Waals surface area contributed by atoms with E-state index in [0.717, 1.165) is 19.3 Å². The molecular formula is C11H25N3O2S. The summed E-state index contributed by atoms with van der Waals surface area (Å²) in [5.74, 6) is 0. The summed E-state index contributed by atoms with van der Waals surface area (Å²) >= 11 is 0. The lowest BCUT2D eigenvalue weighted by Gasteiger charge is -2.31. The van der Waals surface area contributed by atoms with Crippen LogP contribution in [0.25, 0.3) is 0 Å². The van der Waals surface area contributed by atoms with Crippen LogP contribution >= 0.6 is 0 Å². The summed E-state index contributed by atoms with van der Waals surface area (Å²) in [4.78, 5) is 0. The predicted molar refractivity (Wildman–Crippen MR) is 69.8 cm³/mol. The molecule has 1 aliphatic heterocycles. The molecule has 1 saturated heterocycles. The third-order valence-corrected chi connectivity index (χ3v) is 5.68. The second kappa shape index (κ2) is 6.13. The van der Waals surface area contributed by atoms with Crippen LogP contribution < -0.4 is 5.73 Å². The normalized spacial score (nSPS) is 26.9. The Morgan fingerprint density at radius 2 is 2.06 bits per heavy atom. The van der Waals surface area contributed by atoms with Crippen molar-refractivity contribution >= 4 is 10.2 Å². The van der Waals surface area contributed by atoms with E-state index < -0.39 is 10.2 Å². The van der Waals surface area contributed by atoms with E-state index in [2.05, 4.69) is 0 Å². The average molecular weight is 263 g/mol. The highest BCUT2D eigenvalue weighted by Gasteiger charge is 2.40. The van der Waals surface area contributed by atoms with E-state index in [1.165, 1.54) is 4.31 Å². The van der Waals surface area contributed by atoms with Gasteiger partial charge in [0.15, 0.2) is 0 Å². The van der Waals surface area contributed by atoms with Gasteiger partial charge in [-0.1, -0.05) is 6.92 Å². The van der Waals surface area contributed by atoms with Crippen molar-refractivity contribution in [1.29, 1.82) is 0 Å². The first kappa shape index (κ1) is 14.9. The summed E-state index contributed by atoms with van der Waals surface area (Å²) in [6.45, 7) is 5.06. The smallest absolute Gasteiger partial charge is 0.282 e. The molecule has 2 N–H and O–H groups in total. The molecule has 0 spiro atoms. The molecule has 0 saturated carbocycles.